The molecule has 2 aromatic carbocycles. The van der Waals surface area contributed by atoms with Gasteiger partial charge in [0.15, 0.2) is 5.11 Å². The minimum absolute atomic E-state index is 0.00106. The monoisotopic (exact) mass is 363 g/mol. The number of aromatic carboxylic acids is 1. The van der Waals surface area contributed by atoms with Crippen LogP contribution in [0.15, 0.2) is 42.5 Å². The van der Waals surface area contributed by atoms with Crippen LogP contribution in [0, 0.1) is 0 Å². The van der Waals surface area contributed by atoms with Crippen molar-refractivity contribution in [1.82, 2.24) is 5.32 Å². The fourth-order valence-electron chi connectivity index (χ4n) is 1.92. The predicted molar refractivity (Wildman–Crippen MR) is 92.5 cm³/mol. The van der Waals surface area contributed by atoms with Crippen LogP contribution in [-0.2, 0) is 0 Å². The number of halogens is 1. The number of carbonyl (C=O) groups is 2. The summed E-state index contributed by atoms with van der Waals surface area (Å²) in [4.78, 5) is 23.0. The van der Waals surface area contributed by atoms with Crippen molar-refractivity contribution in [2.24, 2.45) is 0 Å². The van der Waals surface area contributed by atoms with Crippen LogP contribution in [0.1, 0.15) is 20.7 Å². The van der Waals surface area contributed by atoms with E-state index in [1.807, 2.05) is 0 Å². The number of benzene rings is 2. The molecule has 24 heavy (non-hydrogen) atoms. The molecule has 0 atom stereocenters. The summed E-state index contributed by atoms with van der Waals surface area (Å²) < 4.78 is 5.11. The molecule has 0 aromatic heterocycles. The highest BCUT2D eigenvalue weighted by Crippen LogP contribution is 2.21. The Kier molecular flexibility index (Phi) is 5.73. The lowest BCUT2D eigenvalue weighted by Gasteiger charge is -2.13. The van der Waals surface area contributed by atoms with Gasteiger partial charge in [0.2, 0.25) is 0 Å². The number of amides is 1. The van der Waals surface area contributed by atoms with Crippen LogP contribution >= 0.6 is 23.8 Å². The second-order valence-electron chi connectivity index (χ2n) is 4.59. The second kappa shape index (κ2) is 7.76. The maximum atomic E-state index is 12.2. The molecule has 0 aliphatic carbocycles. The fourth-order valence-corrected chi connectivity index (χ4v) is 2.39. The quantitative estimate of drug-likeness (QED) is 0.805. The number of hydrogen-bond acceptors (Lipinski definition) is 5. The van der Waals surface area contributed by atoms with Crippen molar-refractivity contribution in [2.45, 2.75) is 0 Å². The summed E-state index contributed by atoms with van der Waals surface area (Å²) in [6.45, 7) is 0. The molecule has 0 saturated carbocycles. The Morgan fingerprint density at radius 1 is 1.17 bits per heavy atom. The van der Waals surface area contributed by atoms with Gasteiger partial charge >= 0.3 is 0 Å². The van der Waals surface area contributed by atoms with E-state index in [1.54, 1.807) is 24.3 Å². The number of methoxy groups -OCH3 is 1. The van der Waals surface area contributed by atoms with Gasteiger partial charge in [-0.3, -0.25) is 10.1 Å². The molecule has 1 amide bonds. The van der Waals surface area contributed by atoms with Crippen molar-refractivity contribution >= 4 is 46.5 Å². The minimum atomic E-state index is -1.38. The van der Waals surface area contributed by atoms with Crippen molar-refractivity contribution in [2.75, 3.05) is 12.4 Å². The Morgan fingerprint density at radius 2 is 1.88 bits per heavy atom. The summed E-state index contributed by atoms with van der Waals surface area (Å²) in [5.74, 6) is -1.40. The Bertz CT molecular complexity index is 810. The van der Waals surface area contributed by atoms with E-state index >= 15 is 0 Å². The van der Waals surface area contributed by atoms with E-state index in [9.17, 15) is 14.7 Å². The molecule has 0 bridgehead atoms. The van der Waals surface area contributed by atoms with E-state index in [0.29, 0.717) is 17.0 Å². The van der Waals surface area contributed by atoms with E-state index in [0.717, 1.165) is 0 Å². The summed E-state index contributed by atoms with van der Waals surface area (Å²) in [6.07, 6.45) is 0. The third-order valence-corrected chi connectivity index (χ3v) is 3.54. The molecule has 6 nitrogen and oxygen atoms in total. The average Bonchev–Trinajstić information content (AvgIpc) is 2.54. The first-order valence-electron chi connectivity index (χ1n) is 6.68. The average molecular weight is 364 g/mol. The third kappa shape index (κ3) is 4.21. The highest BCUT2D eigenvalue weighted by molar-refractivity contribution is 7.80. The molecule has 0 heterocycles. The molecule has 2 N–H and O–H groups in total. The maximum Gasteiger partial charge on any atom is 0.261 e. The number of carboxylic acid groups (broad SMARTS) is 1. The molecule has 0 radical (unpaired) electrons. The van der Waals surface area contributed by atoms with Gasteiger partial charge in [0.05, 0.1) is 23.7 Å². The number of carboxylic acids is 1. The lowest BCUT2D eigenvalue weighted by molar-refractivity contribution is -0.255. The molecule has 2 aromatic rings. The first-order valence-corrected chi connectivity index (χ1v) is 7.47. The first kappa shape index (κ1) is 17.7. The Morgan fingerprint density at radius 3 is 2.50 bits per heavy atom. The van der Waals surface area contributed by atoms with Crippen LogP contribution in [0.5, 0.6) is 5.75 Å². The number of nitrogens with one attached hydrogen (secondary N) is 2. The lowest BCUT2D eigenvalue weighted by Crippen LogP contribution is -2.34. The summed E-state index contributed by atoms with van der Waals surface area (Å²) >= 11 is 10.9. The molecule has 2 rings (SSSR count). The zero-order valence-corrected chi connectivity index (χ0v) is 14.0. The smallest absolute Gasteiger partial charge is 0.261 e. The highest BCUT2D eigenvalue weighted by atomic mass is 35.5. The van der Waals surface area contributed by atoms with Gasteiger partial charge in [0.25, 0.3) is 5.91 Å². The molecular weight excluding hydrogens is 352 g/mol. The number of ether oxygens (including phenoxy) is 1. The van der Waals surface area contributed by atoms with Gasteiger partial charge in [-0.15, -0.1) is 0 Å². The van der Waals surface area contributed by atoms with Crippen LogP contribution in [0.25, 0.3) is 0 Å². The first-order chi connectivity index (χ1) is 11.4. The van der Waals surface area contributed by atoms with Crippen molar-refractivity contribution < 1.29 is 19.4 Å². The van der Waals surface area contributed by atoms with Gasteiger partial charge in [-0.25, -0.2) is 0 Å². The van der Waals surface area contributed by atoms with Gasteiger partial charge < -0.3 is 20.0 Å². The van der Waals surface area contributed by atoms with Crippen LogP contribution in [0.2, 0.25) is 5.02 Å². The zero-order valence-electron chi connectivity index (χ0n) is 12.5. The molecular formula is C16H12ClN2O4S-. The van der Waals surface area contributed by atoms with E-state index in [1.165, 1.54) is 25.3 Å². The van der Waals surface area contributed by atoms with Gasteiger partial charge in [-0.2, -0.15) is 0 Å². The summed E-state index contributed by atoms with van der Waals surface area (Å²) in [7, 11) is 1.46. The van der Waals surface area contributed by atoms with Crippen LogP contribution in [0.4, 0.5) is 5.69 Å². The van der Waals surface area contributed by atoms with Crippen LogP contribution in [-0.4, -0.2) is 24.1 Å². The topological polar surface area (TPSA) is 90.5 Å². The standard InChI is InChI=1S/C16H13ClN2O4S/c1-23-13-5-3-2-4-11(13)14(20)19-16(24)18-9-6-7-10(15(21)22)12(17)8-9/h2-8H,1H3,(H,21,22)(H2,18,19,20,24)/p-1. The molecule has 0 spiro atoms. The third-order valence-electron chi connectivity index (χ3n) is 3.03. The Labute approximate surface area is 148 Å². The fraction of sp³-hybridized carbons (Fsp3) is 0.0625. The maximum absolute atomic E-state index is 12.2. The van der Waals surface area contributed by atoms with Gasteiger partial charge in [0.1, 0.15) is 5.75 Å². The van der Waals surface area contributed by atoms with Gasteiger partial charge in [-0.05, 0) is 42.5 Å². The number of thiocarbonyl (C=S) groups is 1. The second-order valence-corrected chi connectivity index (χ2v) is 5.41. The molecule has 0 aliphatic heterocycles. The lowest BCUT2D eigenvalue weighted by atomic mass is 10.2. The number of anilines is 1. The number of para-hydroxylation sites is 1. The summed E-state index contributed by atoms with van der Waals surface area (Å²) in [5.41, 5.74) is 0.621. The highest BCUT2D eigenvalue weighted by Gasteiger charge is 2.13. The van der Waals surface area contributed by atoms with Gasteiger partial charge in [-0.1, -0.05) is 23.7 Å². The Hall–Kier alpha value is -2.64. The normalized spacial score (nSPS) is 9.92. The van der Waals surface area contributed by atoms with E-state index in [-0.39, 0.29) is 15.7 Å². The number of rotatable bonds is 4. The Balaban J connectivity index is 2.07. The van der Waals surface area contributed by atoms with E-state index < -0.39 is 11.9 Å². The van der Waals surface area contributed by atoms with Crippen molar-refractivity contribution in [3.05, 3.63) is 58.6 Å². The largest absolute Gasteiger partial charge is 0.545 e. The van der Waals surface area contributed by atoms with Crippen LogP contribution < -0.4 is 20.5 Å². The van der Waals surface area contributed by atoms with E-state index in [2.05, 4.69) is 10.6 Å². The van der Waals surface area contributed by atoms with Crippen molar-refractivity contribution in [3.8, 4) is 5.75 Å². The SMILES string of the molecule is COc1ccccc1C(=O)NC(=S)Nc1ccc(C(=O)[O-])c(Cl)c1. The molecule has 0 aliphatic rings. The number of carbonyl (C=O) groups excluding carboxylic acids is 2. The minimum Gasteiger partial charge on any atom is -0.545 e. The van der Waals surface area contributed by atoms with Crippen molar-refractivity contribution in [3.63, 3.8) is 0 Å². The predicted octanol–water partition coefficient (Wildman–Crippen LogP) is 1.84. The molecule has 0 saturated heterocycles. The summed E-state index contributed by atoms with van der Waals surface area (Å²) in [6, 6.07) is 10.8. The van der Waals surface area contributed by atoms with E-state index in [4.69, 9.17) is 28.6 Å². The van der Waals surface area contributed by atoms with Crippen molar-refractivity contribution in [1.29, 1.82) is 0 Å². The number of hydrogen-bond donors (Lipinski definition) is 2. The summed E-state index contributed by atoms with van der Waals surface area (Å²) in [5, 5.41) is 16.1. The van der Waals surface area contributed by atoms with Crippen LogP contribution in [0.3, 0.4) is 0 Å². The molecule has 8 heteroatoms. The van der Waals surface area contributed by atoms with Gasteiger partial charge in [0, 0.05) is 11.3 Å². The molecule has 124 valence electrons. The molecule has 0 fully saturated rings. The molecule has 0 unspecified atom stereocenters. The zero-order chi connectivity index (χ0) is 17.7.